The fourth-order valence-corrected chi connectivity index (χ4v) is 31.3. The first-order chi connectivity index (χ1) is 17.4. The monoisotopic (exact) mass is 724 g/mol. The van der Waals surface area contributed by atoms with Crippen molar-refractivity contribution in [2.75, 3.05) is 0 Å². The van der Waals surface area contributed by atoms with E-state index in [0.717, 1.165) is 0 Å². The van der Waals surface area contributed by atoms with Gasteiger partial charge >= 0.3 is 233 Å². The maximum absolute atomic E-state index is 8.01. The third-order valence-corrected chi connectivity index (χ3v) is 40.0. The van der Waals surface area contributed by atoms with Crippen molar-refractivity contribution in [3.8, 4) is 0 Å². The predicted octanol–water partition coefficient (Wildman–Crippen LogP) is 6.42. The van der Waals surface area contributed by atoms with Crippen LogP contribution in [-0.4, -0.2) is 34.5 Å². The van der Waals surface area contributed by atoms with Crippen molar-refractivity contribution in [3.05, 3.63) is 143 Å². The minimum absolute atomic E-state index is 0.167. The van der Waals surface area contributed by atoms with Crippen LogP contribution in [-0.2, 0) is 0 Å². The molecule has 4 aromatic carbocycles. The standard InChI is InChI=1S/C8H10.4C6H5.2ClH.2Sn/c1-7-5-3-4-6-8(7)2;4*1-2-4-6-5-3-1;;;;/h3,5-6,8H,1-2H3;4*1-5H;2*1H;;/q;;;;;;;2*+1/p-2. The van der Waals surface area contributed by atoms with Gasteiger partial charge in [-0.1, -0.05) is 0 Å². The predicted molar refractivity (Wildman–Crippen MR) is 162 cm³/mol. The van der Waals surface area contributed by atoms with E-state index in [-0.39, 0.29) is 9.35 Å². The van der Waals surface area contributed by atoms with Crippen molar-refractivity contribution in [1.82, 2.24) is 0 Å². The zero-order valence-electron chi connectivity index (χ0n) is 20.6. The Hall–Kier alpha value is -1.46. The zero-order chi connectivity index (χ0) is 25.2. The van der Waals surface area contributed by atoms with E-state index in [2.05, 4.69) is 153 Å². The van der Waals surface area contributed by atoms with Crippen molar-refractivity contribution >= 4 is 66.7 Å². The molecule has 2 atom stereocenters. The molecule has 1 aliphatic carbocycles. The van der Waals surface area contributed by atoms with E-state index in [4.69, 9.17) is 17.8 Å². The number of hydrogen-bond acceptors (Lipinski definition) is 0. The van der Waals surface area contributed by atoms with Crippen LogP contribution in [0.25, 0.3) is 0 Å². The first kappa shape index (κ1) is 26.2. The van der Waals surface area contributed by atoms with Gasteiger partial charge in [-0.3, -0.25) is 0 Å². The van der Waals surface area contributed by atoms with Crippen molar-refractivity contribution < 1.29 is 0 Å². The summed E-state index contributed by atoms with van der Waals surface area (Å²) in [5.74, 6) is 0.244. The summed E-state index contributed by atoms with van der Waals surface area (Å²) in [6.07, 6.45) is 7.22. The van der Waals surface area contributed by atoms with Gasteiger partial charge in [-0.2, -0.15) is 0 Å². The van der Waals surface area contributed by atoms with Gasteiger partial charge in [-0.05, 0) is 0 Å². The Morgan fingerprint density at radius 3 is 1.31 bits per heavy atom. The average Bonchev–Trinajstić information content (AvgIpc) is 2.95. The molecule has 0 aliphatic heterocycles. The molecule has 36 heavy (non-hydrogen) atoms. The molecule has 0 bridgehead atoms. The van der Waals surface area contributed by atoms with Crippen molar-refractivity contribution in [1.29, 1.82) is 0 Å². The molecule has 0 nitrogen and oxygen atoms in total. The van der Waals surface area contributed by atoms with Crippen molar-refractivity contribution in [3.63, 3.8) is 0 Å². The second kappa shape index (κ2) is 10.7. The molecule has 0 amide bonds. The second-order valence-electron chi connectivity index (χ2n) is 9.81. The number of benzene rings is 4. The van der Waals surface area contributed by atoms with Gasteiger partial charge in [0.25, 0.3) is 0 Å². The molecule has 180 valence electrons. The Balaban J connectivity index is 1.66. The summed E-state index contributed by atoms with van der Waals surface area (Å²) in [5.41, 5.74) is 0. The molecular weight excluding hydrogens is 693 g/mol. The Bertz CT molecular complexity index is 1290. The van der Waals surface area contributed by atoms with Gasteiger partial charge in [0, 0.05) is 0 Å². The van der Waals surface area contributed by atoms with E-state index in [1.165, 1.54) is 17.9 Å². The van der Waals surface area contributed by atoms with Crippen LogP contribution in [0.15, 0.2) is 143 Å². The third kappa shape index (κ3) is 4.42. The maximum atomic E-state index is 8.01. The van der Waals surface area contributed by atoms with Crippen molar-refractivity contribution in [2.24, 2.45) is 5.92 Å². The van der Waals surface area contributed by atoms with Crippen LogP contribution in [0.5, 0.6) is 0 Å². The molecule has 0 radical (unpaired) electrons. The summed E-state index contributed by atoms with van der Waals surface area (Å²) in [6.45, 7) is 4.71. The van der Waals surface area contributed by atoms with Crippen LogP contribution >= 0.6 is 17.8 Å². The van der Waals surface area contributed by atoms with Crippen LogP contribution < -0.4 is 14.3 Å². The summed E-state index contributed by atoms with van der Waals surface area (Å²) < 4.78 is 6.31. The fourth-order valence-electron chi connectivity index (χ4n) is 5.53. The molecule has 0 N–H and O–H groups in total. The van der Waals surface area contributed by atoms with E-state index >= 15 is 0 Å². The first-order valence-electron chi connectivity index (χ1n) is 12.4. The quantitative estimate of drug-likeness (QED) is 0.202. The molecule has 0 saturated carbocycles. The molecule has 5 rings (SSSR count). The van der Waals surface area contributed by atoms with E-state index in [1.54, 1.807) is 0 Å². The van der Waals surface area contributed by atoms with Crippen LogP contribution in [0.1, 0.15) is 13.8 Å². The first-order valence-corrected chi connectivity index (χ1v) is 28.2. The number of rotatable bonds is 6. The second-order valence-corrected chi connectivity index (χ2v) is 36.2. The van der Waals surface area contributed by atoms with Crippen molar-refractivity contribution in [2.45, 2.75) is 17.3 Å². The zero-order valence-corrected chi connectivity index (χ0v) is 27.8. The molecule has 0 heterocycles. The molecule has 2 unspecified atom stereocenters. The number of halogens is 2. The minimum atomic E-state index is -3.73. The fraction of sp³-hybridized carbons (Fsp3) is 0.125. The summed E-state index contributed by atoms with van der Waals surface area (Å²) in [7, 11) is 15.9. The van der Waals surface area contributed by atoms with Gasteiger partial charge < -0.3 is 0 Å². The molecular formula is C32H30Cl2Sn2. The van der Waals surface area contributed by atoms with Gasteiger partial charge in [0.1, 0.15) is 0 Å². The summed E-state index contributed by atoms with van der Waals surface area (Å²) in [6, 6.07) is 43.0. The number of allylic oxidation sites excluding steroid dienone is 4. The molecule has 4 heteroatoms. The SMILES string of the molecule is CC1C=[C]([Sn]([Cl])([c]2ccccc2)[c]2ccccc2)C=C[C]1(C)[Sn]([Cl])([c]1ccccc1)[c]1ccccc1. The Morgan fingerprint density at radius 2 is 0.944 bits per heavy atom. The van der Waals surface area contributed by atoms with Crippen LogP contribution in [0, 0.1) is 5.92 Å². The Labute approximate surface area is 230 Å². The van der Waals surface area contributed by atoms with E-state index in [1.807, 2.05) is 0 Å². The van der Waals surface area contributed by atoms with Gasteiger partial charge in [0.05, 0.1) is 0 Å². The summed E-state index contributed by atoms with van der Waals surface area (Å²) in [4.78, 5) is 0. The molecule has 0 saturated heterocycles. The molecule has 0 aromatic heterocycles. The van der Waals surface area contributed by atoms with Crippen LogP contribution in [0.4, 0.5) is 0 Å². The van der Waals surface area contributed by atoms with E-state index < -0.39 is 34.5 Å². The van der Waals surface area contributed by atoms with Gasteiger partial charge in [-0.15, -0.1) is 0 Å². The van der Waals surface area contributed by atoms with Crippen LogP contribution in [0.2, 0.25) is 3.43 Å². The third-order valence-electron chi connectivity index (χ3n) is 7.81. The topological polar surface area (TPSA) is 0 Å². The molecule has 4 aromatic rings. The Kier molecular flexibility index (Phi) is 7.79. The molecule has 0 spiro atoms. The Morgan fingerprint density at radius 1 is 0.583 bits per heavy atom. The van der Waals surface area contributed by atoms with Gasteiger partial charge in [0.15, 0.2) is 0 Å². The van der Waals surface area contributed by atoms with E-state index in [0.29, 0.717) is 0 Å². The van der Waals surface area contributed by atoms with E-state index in [9.17, 15) is 0 Å². The van der Waals surface area contributed by atoms with Crippen LogP contribution in [0.3, 0.4) is 0 Å². The average molecular weight is 723 g/mol. The summed E-state index contributed by atoms with van der Waals surface area (Å²) >= 11 is -7.40. The summed E-state index contributed by atoms with van der Waals surface area (Å²) in [5, 5.41) is 0. The normalized spacial score (nSPS) is 20.1. The molecule has 0 fully saturated rings. The number of hydrogen-bond donors (Lipinski definition) is 0. The van der Waals surface area contributed by atoms with Gasteiger partial charge in [-0.25, -0.2) is 0 Å². The molecule has 1 aliphatic rings. The van der Waals surface area contributed by atoms with Gasteiger partial charge in [0.2, 0.25) is 0 Å².